The summed E-state index contributed by atoms with van der Waals surface area (Å²) in [5, 5.41) is 6.77. The van der Waals surface area contributed by atoms with Gasteiger partial charge in [-0.2, -0.15) is 5.10 Å². The highest BCUT2D eigenvalue weighted by molar-refractivity contribution is 6.09. The maximum absolute atomic E-state index is 13.2. The number of aryl methyl sites for hydroxylation is 1. The van der Waals surface area contributed by atoms with Gasteiger partial charge in [0.1, 0.15) is 0 Å². The molecule has 0 radical (unpaired) electrons. The van der Waals surface area contributed by atoms with E-state index < -0.39 is 0 Å². The summed E-state index contributed by atoms with van der Waals surface area (Å²) in [6.07, 6.45) is 2.52. The maximum Gasteiger partial charge on any atom is 0.244 e. The van der Waals surface area contributed by atoms with E-state index in [2.05, 4.69) is 88.7 Å². The number of aromatic nitrogens is 1. The van der Waals surface area contributed by atoms with Gasteiger partial charge in [0.15, 0.2) is 0 Å². The first-order valence-corrected chi connectivity index (χ1v) is 12.2. The minimum atomic E-state index is -0.289. The molecule has 1 fully saturated rings. The van der Waals surface area contributed by atoms with Crippen LogP contribution in [0.4, 0.5) is 0 Å². The number of nitrogens with zero attached hydrogens (tertiary/aromatic N) is 2. The van der Waals surface area contributed by atoms with Gasteiger partial charge in [0.05, 0.1) is 12.1 Å². The lowest BCUT2D eigenvalue weighted by molar-refractivity contribution is -0.122. The summed E-state index contributed by atoms with van der Waals surface area (Å²) in [6, 6.07) is 35.5. The number of amides is 1. The van der Waals surface area contributed by atoms with Crippen molar-refractivity contribution in [3.05, 3.63) is 120 Å². The molecule has 4 heteroatoms. The molecule has 4 aromatic carbocycles. The first kappa shape index (κ1) is 21.4. The fourth-order valence-corrected chi connectivity index (χ4v) is 5.60. The zero-order valence-electron chi connectivity index (χ0n) is 19.7. The zero-order valence-corrected chi connectivity index (χ0v) is 19.7. The first-order valence-electron chi connectivity index (χ1n) is 12.2. The van der Waals surface area contributed by atoms with Crippen molar-refractivity contribution in [2.75, 3.05) is 0 Å². The summed E-state index contributed by atoms with van der Waals surface area (Å²) in [4.78, 5) is 13.2. The molecular weight excluding hydrogens is 430 g/mol. The van der Waals surface area contributed by atoms with Crippen LogP contribution in [0, 0.1) is 5.92 Å². The Kier molecular flexibility index (Phi) is 5.22. The number of hydrazone groups is 1. The van der Waals surface area contributed by atoms with Gasteiger partial charge < -0.3 is 4.57 Å². The van der Waals surface area contributed by atoms with E-state index >= 15 is 0 Å². The quantitative estimate of drug-likeness (QED) is 0.237. The standard InChI is InChI=1S/C31H27N3O/c1-2-34-28-16-10-9-15-25(28)26-19-22(17-18-29(26)34)21-32-33-30(35)27-20-31(27,23-11-5-3-6-12-23)24-13-7-4-8-14-24/h3-19,21,27H,2,20H2,1H3,(H,33,35)/b32-21+. The van der Waals surface area contributed by atoms with Crippen molar-refractivity contribution in [2.45, 2.75) is 25.3 Å². The number of para-hydroxylation sites is 1. The molecule has 1 amide bonds. The fraction of sp³-hybridized carbons (Fsp3) is 0.161. The molecule has 0 spiro atoms. The van der Waals surface area contributed by atoms with Crippen LogP contribution in [0.15, 0.2) is 108 Å². The van der Waals surface area contributed by atoms with E-state index in [9.17, 15) is 4.79 Å². The van der Waals surface area contributed by atoms with E-state index in [1.54, 1.807) is 6.21 Å². The van der Waals surface area contributed by atoms with E-state index in [4.69, 9.17) is 0 Å². The summed E-state index contributed by atoms with van der Waals surface area (Å²) in [5.74, 6) is -0.188. The Morgan fingerprint density at radius 1 is 0.886 bits per heavy atom. The van der Waals surface area contributed by atoms with Crippen molar-refractivity contribution >= 4 is 33.9 Å². The average Bonchev–Trinajstić information content (AvgIpc) is 3.61. The molecule has 0 aliphatic heterocycles. The Labute approximate surface area is 204 Å². The van der Waals surface area contributed by atoms with E-state index in [0.717, 1.165) is 18.5 Å². The lowest BCUT2D eigenvalue weighted by Gasteiger charge is -2.18. The second-order valence-corrected chi connectivity index (χ2v) is 9.23. The first-order chi connectivity index (χ1) is 17.2. The monoisotopic (exact) mass is 457 g/mol. The van der Waals surface area contributed by atoms with E-state index in [0.29, 0.717) is 0 Å². The number of fused-ring (bicyclic) bond motifs is 3. The van der Waals surface area contributed by atoms with Gasteiger partial charge >= 0.3 is 0 Å². The maximum atomic E-state index is 13.2. The van der Waals surface area contributed by atoms with Crippen LogP contribution >= 0.6 is 0 Å². The normalized spacial score (nSPS) is 16.7. The van der Waals surface area contributed by atoms with Crippen molar-refractivity contribution < 1.29 is 4.79 Å². The molecule has 1 N–H and O–H groups in total. The van der Waals surface area contributed by atoms with Crippen LogP contribution in [0.1, 0.15) is 30.0 Å². The van der Waals surface area contributed by atoms with Crippen molar-refractivity contribution in [3.63, 3.8) is 0 Å². The van der Waals surface area contributed by atoms with E-state index in [1.807, 2.05) is 36.4 Å². The van der Waals surface area contributed by atoms with Crippen molar-refractivity contribution in [1.29, 1.82) is 0 Å². The third-order valence-electron chi connectivity index (χ3n) is 7.36. The second-order valence-electron chi connectivity index (χ2n) is 9.23. The lowest BCUT2D eigenvalue weighted by Crippen LogP contribution is -2.25. The van der Waals surface area contributed by atoms with Gasteiger partial charge in [0.25, 0.3) is 0 Å². The molecular formula is C31H27N3O. The SMILES string of the molecule is CCn1c2ccccc2c2cc(/C=N/NC(=O)C3CC3(c3ccccc3)c3ccccc3)ccc21. The Hall–Kier alpha value is -4.18. The molecule has 5 aromatic rings. The summed E-state index contributed by atoms with van der Waals surface area (Å²) < 4.78 is 2.33. The molecule has 1 saturated carbocycles. The van der Waals surface area contributed by atoms with Crippen LogP contribution in [0.3, 0.4) is 0 Å². The predicted octanol–water partition coefficient (Wildman–Crippen LogP) is 6.27. The second kappa shape index (κ2) is 8.55. The average molecular weight is 458 g/mol. The molecule has 1 aliphatic rings. The number of benzene rings is 4. The minimum absolute atomic E-state index is 0.0439. The molecule has 0 saturated heterocycles. The van der Waals surface area contributed by atoms with Gasteiger partial charge in [-0.3, -0.25) is 4.79 Å². The number of hydrogen-bond donors (Lipinski definition) is 1. The van der Waals surface area contributed by atoms with Crippen LogP contribution in [-0.4, -0.2) is 16.7 Å². The smallest absolute Gasteiger partial charge is 0.244 e. The van der Waals surface area contributed by atoms with Crippen LogP contribution < -0.4 is 5.43 Å². The van der Waals surface area contributed by atoms with Gasteiger partial charge in [-0.1, -0.05) is 84.9 Å². The van der Waals surface area contributed by atoms with Gasteiger partial charge in [0, 0.05) is 33.8 Å². The molecule has 4 nitrogen and oxygen atoms in total. The van der Waals surface area contributed by atoms with Crippen molar-refractivity contribution in [3.8, 4) is 0 Å². The zero-order chi connectivity index (χ0) is 23.8. The van der Waals surface area contributed by atoms with Gasteiger partial charge in [-0.25, -0.2) is 5.43 Å². The molecule has 1 heterocycles. The highest BCUT2D eigenvalue weighted by atomic mass is 16.2. The number of carbonyl (C=O) groups is 1. The summed E-state index contributed by atoms with van der Waals surface area (Å²) in [6.45, 7) is 3.08. The molecule has 35 heavy (non-hydrogen) atoms. The summed E-state index contributed by atoms with van der Waals surface area (Å²) in [7, 11) is 0. The predicted molar refractivity (Wildman–Crippen MR) is 143 cm³/mol. The Morgan fingerprint density at radius 3 is 2.20 bits per heavy atom. The van der Waals surface area contributed by atoms with Crippen LogP contribution in [0.5, 0.6) is 0 Å². The summed E-state index contributed by atoms with van der Waals surface area (Å²) >= 11 is 0. The molecule has 6 rings (SSSR count). The van der Waals surface area contributed by atoms with E-state index in [1.165, 1.54) is 32.9 Å². The molecule has 1 aromatic heterocycles. The summed E-state index contributed by atoms with van der Waals surface area (Å²) in [5.41, 5.74) is 8.28. The van der Waals surface area contributed by atoms with Gasteiger partial charge in [-0.05, 0) is 48.2 Å². The Morgan fingerprint density at radius 2 is 1.51 bits per heavy atom. The number of rotatable bonds is 6. The third-order valence-corrected chi connectivity index (χ3v) is 7.36. The number of hydrogen-bond acceptors (Lipinski definition) is 2. The fourth-order valence-electron chi connectivity index (χ4n) is 5.60. The van der Waals surface area contributed by atoms with Crippen LogP contribution in [-0.2, 0) is 16.8 Å². The van der Waals surface area contributed by atoms with Gasteiger partial charge in [0.2, 0.25) is 5.91 Å². The van der Waals surface area contributed by atoms with Gasteiger partial charge in [-0.15, -0.1) is 0 Å². The van der Waals surface area contributed by atoms with Crippen LogP contribution in [0.2, 0.25) is 0 Å². The highest BCUT2D eigenvalue weighted by Gasteiger charge is 2.60. The van der Waals surface area contributed by atoms with Crippen molar-refractivity contribution in [1.82, 2.24) is 9.99 Å². The Balaban J connectivity index is 1.25. The number of nitrogens with one attached hydrogen (secondary N) is 1. The molecule has 1 unspecified atom stereocenters. The lowest BCUT2D eigenvalue weighted by atomic mass is 9.85. The van der Waals surface area contributed by atoms with Crippen LogP contribution in [0.25, 0.3) is 21.8 Å². The third kappa shape index (κ3) is 3.53. The highest BCUT2D eigenvalue weighted by Crippen LogP contribution is 2.58. The Bertz CT molecular complexity index is 1510. The van der Waals surface area contributed by atoms with E-state index in [-0.39, 0.29) is 17.2 Å². The molecule has 1 aliphatic carbocycles. The molecule has 0 bridgehead atoms. The minimum Gasteiger partial charge on any atom is -0.341 e. The molecule has 1 atom stereocenters. The molecule has 172 valence electrons. The number of carbonyl (C=O) groups excluding carboxylic acids is 1. The topological polar surface area (TPSA) is 46.4 Å². The van der Waals surface area contributed by atoms with Crippen molar-refractivity contribution in [2.24, 2.45) is 11.0 Å². The largest absolute Gasteiger partial charge is 0.341 e.